The topological polar surface area (TPSA) is 81.2 Å². The molecule has 2 N–H and O–H groups in total. The lowest BCUT2D eigenvalue weighted by atomic mass is 10.3. The fourth-order valence-electron chi connectivity index (χ4n) is 2.25. The molecule has 0 radical (unpaired) electrons. The number of fused-ring (bicyclic) bond motifs is 1. The van der Waals surface area contributed by atoms with Gasteiger partial charge in [0.2, 0.25) is 10.0 Å². The summed E-state index contributed by atoms with van der Waals surface area (Å²) in [6.07, 6.45) is 1.77. The van der Waals surface area contributed by atoms with Gasteiger partial charge in [-0.1, -0.05) is 6.92 Å². The van der Waals surface area contributed by atoms with Gasteiger partial charge in [0.25, 0.3) is 0 Å². The third kappa shape index (κ3) is 3.36. The molecule has 0 atom stereocenters. The van der Waals surface area contributed by atoms with Crippen LogP contribution in [0.4, 0.5) is 5.69 Å². The molecule has 0 aliphatic carbocycles. The monoisotopic (exact) mass is 310 g/mol. The van der Waals surface area contributed by atoms with Crippen molar-refractivity contribution in [1.29, 1.82) is 0 Å². The highest BCUT2D eigenvalue weighted by molar-refractivity contribution is 7.89. The smallest absolute Gasteiger partial charge is 0.215 e. The Bertz CT molecular complexity index is 735. The average molecular weight is 310 g/mol. The van der Waals surface area contributed by atoms with Gasteiger partial charge in [-0.3, -0.25) is 0 Å². The van der Waals surface area contributed by atoms with Crippen molar-refractivity contribution in [2.75, 3.05) is 25.6 Å². The van der Waals surface area contributed by atoms with Gasteiger partial charge >= 0.3 is 0 Å². The summed E-state index contributed by atoms with van der Waals surface area (Å²) in [7, 11) is -0.122. The van der Waals surface area contributed by atoms with E-state index < -0.39 is 10.0 Å². The molecule has 1 aromatic heterocycles. The number of imidazole rings is 1. The number of aryl methyl sites for hydroxylation is 2. The molecule has 2 aromatic rings. The lowest BCUT2D eigenvalue weighted by Crippen LogP contribution is -2.27. The number of hydrogen-bond acceptors (Lipinski definition) is 4. The average Bonchev–Trinajstić information content (AvgIpc) is 2.73. The van der Waals surface area contributed by atoms with Crippen molar-refractivity contribution in [3.05, 3.63) is 24.0 Å². The Hall–Kier alpha value is -1.60. The third-order valence-electron chi connectivity index (χ3n) is 3.45. The van der Waals surface area contributed by atoms with Gasteiger partial charge in [-0.05, 0) is 24.6 Å². The predicted molar refractivity (Wildman–Crippen MR) is 85.6 cm³/mol. The molecule has 116 valence electrons. The standard InChI is InChI=1S/C14H22N4O2S/c1-4-5-14-16-12-10-11(15)6-7-13(12)18(14)8-9-21(19,20)17(2)3/h6-7,10H,4-5,8-9,15H2,1-3H3. The van der Waals surface area contributed by atoms with Gasteiger partial charge in [0.05, 0.1) is 16.8 Å². The highest BCUT2D eigenvalue weighted by atomic mass is 32.2. The van der Waals surface area contributed by atoms with E-state index in [2.05, 4.69) is 11.9 Å². The fraction of sp³-hybridized carbons (Fsp3) is 0.500. The van der Waals surface area contributed by atoms with Gasteiger partial charge in [0, 0.05) is 32.7 Å². The molecule has 2 rings (SSSR count). The molecule has 0 saturated heterocycles. The number of anilines is 1. The van der Waals surface area contributed by atoms with Crippen LogP contribution in [-0.4, -0.2) is 42.1 Å². The van der Waals surface area contributed by atoms with Crippen molar-refractivity contribution in [2.24, 2.45) is 0 Å². The van der Waals surface area contributed by atoms with Crippen LogP contribution in [0.5, 0.6) is 0 Å². The van der Waals surface area contributed by atoms with Crippen molar-refractivity contribution in [3.8, 4) is 0 Å². The number of rotatable bonds is 6. The van der Waals surface area contributed by atoms with Gasteiger partial charge in [-0.2, -0.15) is 0 Å². The fourth-order valence-corrected chi connectivity index (χ4v) is 3.03. The number of aromatic nitrogens is 2. The van der Waals surface area contributed by atoms with E-state index in [0.29, 0.717) is 12.2 Å². The first kappa shape index (κ1) is 15.8. The summed E-state index contributed by atoms with van der Waals surface area (Å²) in [6.45, 7) is 2.48. The molecule has 21 heavy (non-hydrogen) atoms. The van der Waals surface area contributed by atoms with E-state index in [4.69, 9.17) is 5.73 Å². The summed E-state index contributed by atoms with van der Waals surface area (Å²) in [5.41, 5.74) is 8.20. The third-order valence-corrected chi connectivity index (χ3v) is 5.27. The number of nitrogens with two attached hydrogens (primary N) is 1. The minimum Gasteiger partial charge on any atom is -0.399 e. The molecular weight excluding hydrogens is 288 g/mol. The second-order valence-electron chi connectivity index (χ2n) is 5.28. The van der Waals surface area contributed by atoms with E-state index in [1.807, 2.05) is 22.8 Å². The Balaban J connectivity index is 2.39. The van der Waals surface area contributed by atoms with E-state index in [1.54, 1.807) is 14.1 Å². The Morgan fingerprint density at radius 1 is 1.33 bits per heavy atom. The molecule has 0 aliphatic heterocycles. The van der Waals surface area contributed by atoms with Crippen molar-refractivity contribution >= 4 is 26.7 Å². The van der Waals surface area contributed by atoms with E-state index >= 15 is 0 Å². The van der Waals surface area contributed by atoms with Crippen molar-refractivity contribution in [2.45, 2.75) is 26.3 Å². The van der Waals surface area contributed by atoms with Crippen LogP contribution < -0.4 is 5.73 Å². The van der Waals surface area contributed by atoms with Gasteiger partial charge in [0.15, 0.2) is 0 Å². The zero-order valence-corrected chi connectivity index (χ0v) is 13.5. The highest BCUT2D eigenvalue weighted by Gasteiger charge is 2.16. The van der Waals surface area contributed by atoms with Crippen molar-refractivity contribution in [3.63, 3.8) is 0 Å². The summed E-state index contributed by atoms with van der Waals surface area (Å²) < 4.78 is 27.2. The molecule has 0 unspecified atom stereocenters. The molecule has 0 spiro atoms. The largest absolute Gasteiger partial charge is 0.399 e. The van der Waals surface area contributed by atoms with E-state index in [0.717, 1.165) is 29.7 Å². The molecule has 0 fully saturated rings. The van der Waals surface area contributed by atoms with E-state index in [1.165, 1.54) is 4.31 Å². The number of hydrogen-bond donors (Lipinski definition) is 1. The summed E-state index contributed by atoms with van der Waals surface area (Å²) in [5, 5.41) is 0. The van der Waals surface area contributed by atoms with Crippen molar-refractivity contribution in [1.82, 2.24) is 13.9 Å². The molecule has 0 amide bonds. The molecular formula is C14H22N4O2S. The quantitative estimate of drug-likeness (QED) is 0.819. The SMILES string of the molecule is CCCc1nc2cc(N)ccc2n1CCS(=O)(=O)N(C)C. The Labute approximate surface area is 125 Å². The number of benzene rings is 1. The lowest BCUT2D eigenvalue weighted by Gasteiger charge is -2.13. The second-order valence-corrected chi connectivity index (χ2v) is 7.58. The normalized spacial score (nSPS) is 12.4. The van der Waals surface area contributed by atoms with Gasteiger partial charge in [-0.25, -0.2) is 17.7 Å². The zero-order chi connectivity index (χ0) is 15.6. The maximum absolute atomic E-state index is 12.0. The van der Waals surface area contributed by atoms with Gasteiger partial charge < -0.3 is 10.3 Å². The maximum Gasteiger partial charge on any atom is 0.215 e. The summed E-state index contributed by atoms with van der Waals surface area (Å²) >= 11 is 0. The first-order valence-corrected chi connectivity index (χ1v) is 8.61. The summed E-state index contributed by atoms with van der Waals surface area (Å²) in [5.74, 6) is 0.971. The summed E-state index contributed by atoms with van der Waals surface area (Å²) in [4.78, 5) is 4.58. The molecule has 7 heteroatoms. The first-order chi connectivity index (χ1) is 9.85. The van der Waals surface area contributed by atoms with Crippen LogP contribution in [0.15, 0.2) is 18.2 Å². The number of nitrogens with zero attached hydrogens (tertiary/aromatic N) is 3. The second kappa shape index (κ2) is 6.03. The van der Waals surface area contributed by atoms with E-state index in [-0.39, 0.29) is 5.75 Å². The molecule has 0 aliphatic rings. The van der Waals surface area contributed by atoms with Crippen LogP contribution in [0.3, 0.4) is 0 Å². The summed E-state index contributed by atoms with van der Waals surface area (Å²) in [6, 6.07) is 5.54. The van der Waals surface area contributed by atoms with Crippen LogP contribution >= 0.6 is 0 Å². The van der Waals surface area contributed by atoms with Gasteiger partial charge in [0.1, 0.15) is 5.82 Å². The number of nitrogen functional groups attached to an aromatic ring is 1. The molecule has 0 saturated carbocycles. The molecule has 1 aromatic carbocycles. The predicted octanol–water partition coefficient (Wildman–Crippen LogP) is 1.46. The molecule has 1 heterocycles. The molecule has 0 bridgehead atoms. The number of sulfonamides is 1. The van der Waals surface area contributed by atoms with E-state index in [9.17, 15) is 8.42 Å². The van der Waals surface area contributed by atoms with Crippen molar-refractivity contribution < 1.29 is 8.42 Å². The Morgan fingerprint density at radius 3 is 2.67 bits per heavy atom. The Morgan fingerprint density at radius 2 is 2.05 bits per heavy atom. The zero-order valence-electron chi connectivity index (χ0n) is 12.7. The minimum atomic E-state index is -3.22. The lowest BCUT2D eigenvalue weighted by molar-refractivity contribution is 0.515. The van der Waals surface area contributed by atoms with Crippen LogP contribution in [0.25, 0.3) is 11.0 Å². The first-order valence-electron chi connectivity index (χ1n) is 7.00. The van der Waals surface area contributed by atoms with Crippen LogP contribution in [-0.2, 0) is 23.0 Å². The highest BCUT2D eigenvalue weighted by Crippen LogP contribution is 2.20. The van der Waals surface area contributed by atoms with Crippen LogP contribution in [0.1, 0.15) is 19.2 Å². The van der Waals surface area contributed by atoms with Crippen LogP contribution in [0.2, 0.25) is 0 Å². The maximum atomic E-state index is 12.0. The molecule has 6 nitrogen and oxygen atoms in total. The Kier molecular flexibility index (Phi) is 4.53. The minimum absolute atomic E-state index is 0.0621. The van der Waals surface area contributed by atoms with Gasteiger partial charge in [-0.15, -0.1) is 0 Å². The van der Waals surface area contributed by atoms with Crippen LogP contribution in [0, 0.1) is 0 Å².